The summed E-state index contributed by atoms with van der Waals surface area (Å²) in [4.78, 5) is 11.5. The van der Waals surface area contributed by atoms with Gasteiger partial charge in [0.05, 0.1) is 6.10 Å². The van der Waals surface area contributed by atoms with Crippen LogP contribution < -0.4 is 10.6 Å². The fourth-order valence-electron chi connectivity index (χ4n) is 2.44. The molecule has 0 bridgehead atoms. The lowest BCUT2D eigenvalue weighted by molar-refractivity contribution is -0.115. The van der Waals surface area contributed by atoms with Crippen molar-refractivity contribution in [2.75, 3.05) is 17.2 Å². The molecular weight excluding hydrogens is 252 g/mol. The van der Waals surface area contributed by atoms with Crippen molar-refractivity contribution in [3.05, 3.63) is 23.8 Å². The molecule has 1 aliphatic carbocycles. The minimum atomic E-state index is 0.0466. The molecule has 1 saturated carbocycles. The van der Waals surface area contributed by atoms with Crippen molar-refractivity contribution in [3.8, 4) is 0 Å². The molecule has 1 aromatic rings. The van der Waals surface area contributed by atoms with E-state index >= 15 is 0 Å². The number of carbonyl (C=O) groups excluding carboxylic acids is 1. The first-order valence-electron chi connectivity index (χ1n) is 7.41. The van der Waals surface area contributed by atoms with Gasteiger partial charge in [-0.15, -0.1) is 0 Å². The molecule has 110 valence electrons. The van der Waals surface area contributed by atoms with Gasteiger partial charge in [0.1, 0.15) is 0 Å². The molecule has 0 atom stereocenters. The number of anilines is 2. The highest BCUT2D eigenvalue weighted by Gasteiger charge is 2.29. The Morgan fingerprint density at radius 3 is 2.65 bits per heavy atom. The van der Waals surface area contributed by atoms with Gasteiger partial charge in [0.2, 0.25) is 5.91 Å². The summed E-state index contributed by atoms with van der Waals surface area (Å²) in [7, 11) is 0. The summed E-state index contributed by atoms with van der Waals surface area (Å²) in [6.45, 7) is 6.71. The number of hydrogen-bond donors (Lipinski definition) is 2. The van der Waals surface area contributed by atoms with E-state index in [1.165, 1.54) is 0 Å². The molecule has 20 heavy (non-hydrogen) atoms. The van der Waals surface area contributed by atoms with E-state index in [1.807, 2.05) is 32.9 Å². The molecule has 0 aliphatic heterocycles. The summed E-state index contributed by atoms with van der Waals surface area (Å²) < 4.78 is 5.57. The van der Waals surface area contributed by atoms with Crippen LogP contribution in [-0.2, 0) is 9.53 Å². The van der Waals surface area contributed by atoms with Crippen molar-refractivity contribution >= 4 is 17.3 Å². The van der Waals surface area contributed by atoms with Gasteiger partial charge in [0.15, 0.2) is 0 Å². The lowest BCUT2D eigenvalue weighted by atomic mass is 9.88. The Balaban J connectivity index is 1.95. The molecule has 0 aromatic heterocycles. The largest absolute Gasteiger partial charge is 0.382 e. The number of hydrogen-bond acceptors (Lipinski definition) is 3. The predicted octanol–water partition coefficient (Wildman–Crippen LogP) is 3.32. The van der Waals surface area contributed by atoms with E-state index in [1.54, 1.807) is 0 Å². The molecule has 1 fully saturated rings. The third-order valence-corrected chi connectivity index (χ3v) is 3.79. The van der Waals surface area contributed by atoms with E-state index in [-0.39, 0.29) is 5.91 Å². The van der Waals surface area contributed by atoms with Crippen molar-refractivity contribution in [1.29, 1.82) is 0 Å². The van der Waals surface area contributed by atoms with Crippen molar-refractivity contribution in [1.82, 2.24) is 0 Å². The summed E-state index contributed by atoms with van der Waals surface area (Å²) in [5.74, 6) is 0.0466. The quantitative estimate of drug-likeness (QED) is 0.838. The Hall–Kier alpha value is -1.55. The van der Waals surface area contributed by atoms with Crippen LogP contribution in [0.25, 0.3) is 0 Å². The molecule has 0 unspecified atom stereocenters. The maximum absolute atomic E-state index is 11.5. The van der Waals surface area contributed by atoms with Crippen LogP contribution in [0.4, 0.5) is 11.4 Å². The third-order valence-electron chi connectivity index (χ3n) is 3.79. The van der Waals surface area contributed by atoms with Gasteiger partial charge in [-0.05, 0) is 44.4 Å². The smallest absolute Gasteiger partial charge is 0.224 e. The average molecular weight is 276 g/mol. The molecule has 2 N–H and O–H groups in total. The maximum Gasteiger partial charge on any atom is 0.224 e. The first-order chi connectivity index (χ1) is 9.63. The second-order valence-electron chi connectivity index (χ2n) is 5.27. The number of benzene rings is 1. The third kappa shape index (κ3) is 3.51. The highest BCUT2D eigenvalue weighted by molar-refractivity contribution is 5.92. The van der Waals surface area contributed by atoms with Gasteiger partial charge in [-0.1, -0.05) is 13.0 Å². The highest BCUT2D eigenvalue weighted by Crippen LogP contribution is 2.30. The van der Waals surface area contributed by atoms with E-state index < -0.39 is 0 Å². The number of ether oxygens (including phenoxy) is 1. The zero-order valence-electron chi connectivity index (χ0n) is 12.5. The van der Waals surface area contributed by atoms with Crippen molar-refractivity contribution in [2.45, 2.75) is 52.2 Å². The van der Waals surface area contributed by atoms with Crippen LogP contribution in [0, 0.1) is 6.92 Å². The van der Waals surface area contributed by atoms with Crippen molar-refractivity contribution < 1.29 is 9.53 Å². The van der Waals surface area contributed by atoms with Gasteiger partial charge >= 0.3 is 0 Å². The molecule has 1 aliphatic rings. The number of amides is 1. The molecule has 1 amide bonds. The summed E-state index contributed by atoms with van der Waals surface area (Å²) in [6.07, 6.45) is 3.01. The van der Waals surface area contributed by atoms with E-state index in [9.17, 15) is 4.79 Å². The number of rotatable bonds is 6. The van der Waals surface area contributed by atoms with Gasteiger partial charge in [0.25, 0.3) is 0 Å². The number of carbonyl (C=O) groups is 1. The Morgan fingerprint density at radius 1 is 1.30 bits per heavy atom. The van der Waals surface area contributed by atoms with Gasteiger partial charge < -0.3 is 15.4 Å². The predicted molar refractivity (Wildman–Crippen MR) is 82.2 cm³/mol. The molecule has 0 heterocycles. The van der Waals surface area contributed by atoms with E-state index in [4.69, 9.17) is 4.74 Å². The molecular formula is C16H24N2O2. The first kappa shape index (κ1) is 14.9. The molecule has 0 saturated heterocycles. The molecule has 0 spiro atoms. The molecule has 4 nitrogen and oxygen atoms in total. The topological polar surface area (TPSA) is 50.4 Å². The van der Waals surface area contributed by atoms with Crippen LogP contribution in [-0.4, -0.2) is 24.7 Å². The zero-order valence-corrected chi connectivity index (χ0v) is 12.5. The Morgan fingerprint density at radius 2 is 2.00 bits per heavy atom. The fourth-order valence-corrected chi connectivity index (χ4v) is 2.44. The monoisotopic (exact) mass is 276 g/mol. The van der Waals surface area contributed by atoms with Crippen LogP contribution >= 0.6 is 0 Å². The number of nitrogens with one attached hydrogen (secondary N) is 2. The van der Waals surface area contributed by atoms with Crippen LogP contribution in [0.1, 0.15) is 38.7 Å². The van der Waals surface area contributed by atoms with Gasteiger partial charge in [-0.25, -0.2) is 0 Å². The van der Waals surface area contributed by atoms with E-state index in [0.717, 1.165) is 36.4 Å². The summed E-state index contributed by atoms with van der Waals surface area (Å²) in [5.41, 5.74) is 3.08. The normalized spacial score (nSPS) is 21.1. The zero-order chi connectivity index (χ0) is 14.5. The molecule has 0 radical (unpaired) electrons. The van der Waals surface area contributed by atoms with Crippen molar-refractivity contribution in [3.63, 3.8) is 0 Å². The van der Waals surface area contributed by atoms with E-state index in [0.29, 0.717) is 18.6 Å². The van der Waals surface area contributed by atoms with Crippen LogP contribution in [0.3, 0.4) is 0 Å². The Bertz CT molecular complexity index is 468. The highest BCUT2D eigenvalue weighted by atomic mass is 16.5. The standard InChI is InChI=1S/C16H24N2O2/c1-4-16(19)18-15-8-6-7-14(11(15)3)17-12-9-13(10-12)20-5-2/h6-8,12-13,17H,4-5,9-10H2,1-3H3,(H,18,19). The first-order valence-corrected chi connectivity index (χ1v) is 7.41. The molecule has 2 rings (SSSR count). The minimum absolute atomic E-state index is 0.0466. The van der Waals surface area contributed by atoms with Crippen molar-refractivity contribution in [2.24, 2.45) is 0 Å². The Kier molecular flexibility index (Phi) is 5.01. The summed E-state index contributed by atoms with van der Waals surface area (Å²) >= 11 is 0. The lowest BCUT2D eigenvalue weighted by Gasteiger charge is -2.36. The van der Waals surface area contributed by atoms with Gasteiger partial charge in [-0.2, -0.15) is 0 Å². The van der Waals surface area contributed by atoms with Gasteiger partial charge in [0, 0.05) is 30.4 Å². The Labute approximate surface area is 120 Å². The second-order valence-corrected chi connectivity index (χ2v) is 5.27. The molecule has 4 heteroatoms. The van der Waals surface area contributed by atoms with Crippen LogP contribution in [0.2, 0.25) is 0 Å². The maximum atomic E-state index is 11.5. The minimum Gasteiger partial charge on any atom is -0.382 e. The van der Waals surface area contributed by atoms with Gasteiger partial charge in [-0.3, -0.25) is 4.79 Å². The second kappa shape index (κ2) is 6.75. The van der Waals surface area contributed by atoms with Crippen LogP contribution in [0.5, 0.6) is 0 Å². The summed E-state index contributed by atoms with van der Waals surface area (Å²) in [5, 5.41) is 6.47. The van der Waals surface area contributed by atoms with E-state index in [2.05, 4.69) is 16.7 Å². The summed E-state index contributed by atoms with van der Waals surface area (Å²) in [6, 6.07) is 6.45. The fraction of sp³-hybridized carbons (Fsp3) is 0.562. The lowest BCUT2D eigenvalue weighted by Crippen LogP contribution is -2.41. The SMILES string of the molecule is CCOC1CC(Nc2cccc(NC(=O)CC)c2C)C1. The molecule has 1 aromatic carbocycles. The average Bonchev–Trinajstić information content (AvgIpc) is 2.40. The van der Waals surface area contributed by atoms with Crippen LogP contribution in [0.15, 0.2) is 18.2 Å².